The van der Waals surface area contributed by atoms with E-state index in [4.69, 9.17) is 11.6 Å². The molecule has 0 radical (unpaired) electrons. The maximum absolute atomic E-state index is 12.2. The van der Waals surface area contributed by atoms with Gasteiger partial charge in [-0.15, -0.1) is 24.0 Å². The molecule has 0 saturated carbocycles. The number of sulfonamides is 1. The molecule has 9 heteroatoms. The molecule has 0 aliphatic carbocycles. The van der Waals surface area contributed by atoms with Crippen molar-refractivity contribution in [3.63, 3.8) is 0 Å². The highest BCUT2D eigenvalue weighted by molar-refractivity contribution is 14.0. The van der Waals surface area contributed by atoms with Crippen molar-refractivity contribution in [1.29, 1.82) is 0 Å². The lowest BCUT2D eigenvalue weighted by Gasteiger charge is -2.22. The van der Waals surface area contributed by atoms with E-state index < -0.39 is 10.0 Å². The van der Waals surface area contributed by atoms with Crippen molar-refractivity contribution < 1.29 is 8.42 Å². The third-order valence-corrected chi connectivity index (χ3v) is 5.44. The average molecular weight is 537 g/mol. The molecule has 28 heavy (non-hydrogen) atoms. The van der Waals surface area contributed by atoms with E-state index in [1.54, 1.807) is 7.05 Å². The standard InChI is InChI=1S/C19H25ClN4O2S.HI/c1-21-19(24(2)15-17-9-6-10-18(20)13-17)22-11-12-27(25,26)23-14-16-7-4-3-5-8-16;/h3-10,13,23H,11-12,14-15H2,1-2H3,(H,21,22);1H. The molecule has 154 valence electrons. The van der Waals surface area contributed by atoms with Gasteiger partial charge in [0.1, 0.15) is 0 Å². The number of hydrogen-bond donors (Lipinski definition) is 2. The predicted octanol–water partition coefficient (Wildman–Crippen LogP) is 3.08. The number of hydrogen-bond acceptors (Lipinski definition) is 3. The Labute approximate surface area is 189 Å². The molecule has 0 aliphatic heterocycles. The predicted molar refractivity (Wildman–Crippen MR) is 127 cm³/mol. The van der Waals surface area contributed by atoms with Crippen LogP contribution in [0.5, 0.6) is 0 Å². The molecule has 2 aromatic rings. The van der Waals surface area contributed by atoms with Gasteiger partial charge >= 0.3 is 0 Å². The van der Waals surface area contributed by atoms with Crippen LogP contribution in [-0.4, -0.2) is 45.7 Å². The molecule has 2 N–H and O–H groups in total. The molecule has 2 rings (SSSR count). The maximum atomic E-state index is 12.2. The zero-order valence-electron chi connectivity index (χ0n) is 15.9. The smallest absolute Gasteiger partial charge is 0.213 e. The van der Waals surface area contributed by atoms with Crippen LogP contribution in [0, 0.1) is 0 Å². The summed E-state index contributed by atoms with van der Waals surface area (Å²) in [6.07, 6.45) is 0. The summed E-state index contributed by atoms with van der Waals surface area (Å²) in [5.74, 6) is 0.581. The molecule has 0 saturated heterocycles. The van der Waals surface area contributed by atoms with E-state index in [1.807, 2.05) is 66.5 Å². The van der Waals surface area contributed by atoms with Crippen molar-refractivity contribution in [3.05, 3.63) is 70.7 Å². The highest BCUT2D eigenvalue weighted by Crippen LogP contribution is 2.12. The number of benzene rings is 2. The lowest BCUT2D eigenvalue weighted by molar-refractivity contribution is 0.478. The topological polar surface area (TPSA) is 73.8 Å². The first-order chi connectivity index (χ1) is 12.9. The lowest BCUT2D eigenvalue weighted by Crippen LogP contribution is -2.41. The van der Waals surface area contributed by atoms with Gasteiger partial charge in [-0.2, -0.15) is 0 Å². The summed E-state index contributed by atoms with van der Waals surface area (Å²) in [5.41, 5.74) is 1.97. The van der Waals surface area contributed by atoms with Gasteiger partial charge in [0.25, 0.3) is 0 Å². The summed E-state index contributed by atoms with van der Waals surface area (Å²) in [7, 11) is 0.176. The van der Waals surface area contributed by atoms with E-state index in [0.717, 1.165) is 11.1 Å². The Kier molecular flexibility index (Phi) is 10.8. The maximum Gasteiger partial charge on any atom is 0.213 e. The highest BCUT2D eigenvalue weighted by atomic mass is 127. The van der Waals surface area contributed by atoms with Crippen molar-refractivity contribution in [2.24, 2.45) is 4.99 Å². The second-order valence-corrected chi connectivity index (χ2v) is 8.45. The molecule has 0 bridgehead atoms. The van der Waals surface area contributed by atoms with Gasteiger partial charge in [-0.05, 0) is 23.3 Å². The molecule has 0 unspecified atom stereocenters. The summed E-state index contributed by atoms with van der Waals surface area (Å²) in [6.45, 7) is 1.16. The van der Waals surface area contributed by atoms with Crippen LogP contribution in [0.1, 0.15) is 11.1 Å². The largest absolute Gasteiger partial charge is 0.355 e. The molecule has 6 nitrogen and oxygen atoms in total. The van der Waals surface area contributed by atoms with Gasteiger partial charge in [-0.3, -0.25) is 4.99 Å². The highest BCUT2D eigenvalue weighted by Gasteiger charge is 2.12. The van der Waals surface area contributed by atoms with E-state index in [2.05, 4.69) is 15.0 Å². The molecule has 0 aliphatic rings. The minimum atomic E-state index is -3.38. The zero-order chi connectivity index (χ0) is 19.7. The van der Waals surface area contributed by atoms with Gasteiger partial charge in [0, 0.05) is 38.8 Å². The zero-order valence-corrected chi connectivity index (χ0v) is 19.8. The SMILES string of the molecule is CN=C(NCCS(=O)(=O)NCc1ccccc1)N(C)Cc1cccc(Cl)c1.I. The minimum absolute atomic E-state index is 0. The fourth-order valence-electron chi connectivity index (χ4n) is 2.53. The Morgan fingerprint density at radius 1 is 1.11 bits per heavy atom. The second-order valence-electron chi connectivity index (χ2n) is 6.09. The van der Waals surface area contributed by atoms with Gasteiger partial charge in [-0.1, -0.05) is 54.1 Å². The van der Waals surface area contributed by atoms with Gasteiger partial charge in [0.2, 0.25) is 10.0 Å². The Hall–Kier alpha value is -1.36. The molecule has 0 spiro atoms. The summed E-state index contributed by atoms with van der Waals surface area (Å²) < 4.78 is 26.9. The summed E-state index contributed by atoms with van der Waals surface area (Å²) in [6, 6.07) is 17.0. The minimum Gasteiger partial charge on any atom is -0.355 e. The summed E-state index contributed by atoms with van der Waals surface area (Å²) in [5, 5.41) is 3.76. The van der Waals surface area contributed by atoms with Crippen LogP contribution in [0.25, 0.3) is 0 Å². The number of aliphatic imine (C=N–C) groups is 1. The third kappa shape index (κ3) is 8.76. The van der Waals surface area contributed by atoms with E-state index in [1.165, 1.54) is 0 Å². The van der Waals surface area contributed by atoms with Crippen LogP contribution in [0.2, 0.25) is 5.02 Å². The fourth-order valence-corrected chi connectivity index (χ4v) is 3.64. The quantitative estimate of drug-likeness (QED) is 0.309. The molecule has 0 atom stereocenters. The van der Waals surface area contributed by atoms with Crippen molar-refractivity contribution in [3.8, 4) is 0 Å². The Morgan fingerprint density at radius 3 is 2.43 bits per heavy atom. The van der Waals surface area contributed by atoms with Crippen LogP contribution < -0.4 is 10.0 Å². The normalized spacial score (nSPS) is 11.6. The van der Waals surface area contributed by atoms with E-state index in [-0.39, 0.29) is 42.8 Å². The Balaban J connectivity index is 0.00000392. The molecule has 2 aromatic carbocycles. The number of guanidine groups is 1. The number of nitrogens with one attached hydrogen (secondary N) is 2. The Morgan fingerprint density at radius 2 is 1.79 bits per heavy atom. The summed E-state index contributed by atoms with van der Waals surface area (Å²) >= 11 is 6.01. The molecule has 0 heterocycles. The Bertz CT molecular complexity index is 863. The number of nitrogens with zero attached hydrogens (tertiary/aromatic N) is 2. The molecule has 0 amide bonds. The van der Waals surface area contributed by atoms with Crippen LogP contribution in [0.3, 0.4) is 0 Å². The summed E-state index contributed by atoms with van der Waals surface area (Å²) in [4.78, 5) is 6.12. The first-order valence-corrected chi connectivity index (χ1v) is 10.6. The van der Waals surface area contributed by atoms with Gasteiger partial charge < -0.3 is 10.2 Å². The lowest BCUT2D eigenvalue weighted by atomic mass is 10.2. The van der Waals surface area contributed by atoms with Gasteiger partial charge in [-0.25, -0.2) is 13.1 Å². The van der Waals surface area contributed by atoms with Crippen molar-refractivity contribution in [1.82, 2.24) is 14.9 Å². The van der Waals surface area contributed by atoms with Crippen LogP contribution in [-0.2, 0) is 23.1 Å². The number of rotatable bonds is 8. The number of halogens is 2. The van der Waals surface area contributed by atoms with E-state index >= 15 is 0 Å². The van der Waals surface area contributed by atoms with Crippen molar-refractivity contribution in [2.75, 3.05) is 26.4 Å². The molecular formula is C19H26ClIN4O2S. The fraction of sp³-hybridized carbons (Fsp3) is 0.316. The van der Waals surface area contributed by atoms with Crippen LogP contribution >= 0.6 is 35.6 Å². The monoisotopic (exact) mass is 536 g/mol. The van der Waals surface area contributed by atoms with E-state index in [0.29, 0.717) is 17.5 Å². The first kappa shape index (κ1) is 24.7. The van der Waals surface area contributed by atoms with Crippen molar-refractivity contribution in [2.45, 2.75) is 13.1 Å². The van der Waals surface area contributed by atoms with Crippen LogP contribution in [0.15, 0.2) is 59.6 Å². The van der Waals surface area contributed by atoms with Gasteiger partial charge in [0.15, 0.2) is 5.96 Å². The van der Waals surface area contributed by atoms with Crippen LogP contribution in [0.4, 0.5) is 0 Å². The van der Waals surface area contributed by atoms with E-state index in [9.17, 15) is 8.42 Å². The van der Waals surface area contributed by atoms with Crippen molar-refractivity contribution >= 4 is 51.6 Å². The third-order valence-electron chi connectivity index (χ3n) is 3.88. The molecule has 0 aromatic heterocycles. The molecular weight excluding hydrogens is 511 g/mol. The first-order valence-electron chi connectivity index (χ1n) is 8.57. The second kappa shape index (κ2) is 12.3. The van der Waals surface area contributed by atoms with Gasteiger partial charge in [0.05, 0.1) is 5.75 Å². The average Bonchev–Trinajstić information content (AvgIpc) is 2.64. The molecule has 0 fully saturated rings.